The summed E-state index contributed by atoms with van der Waals surface area (Å²) in [4.78, 5) is 16.7. The molecule has 0 unspecified atom stereocenters. The Balaban J connectivity index is 1.33. The Labute approximate surface area is 192 Å². The van der Waals surface area contributed by atoms with Gasteiger partial charge in [-0.05, 0) is 73.0 Å². The number of aromatic nitrogens is 2. The Kier molecular flexibility index (Phi) is 6.69. The van der Waals surface area contributed by atoms with Gasteiger partial charge in [-0.15, -0.1) is 0 Å². The summed E-state index contributed by atoms with van der Waals surface area (Å²) in [5.74, 6) is 2.31. The minimum absolute atomic E-state index is 0.0987. The summed E-state index contributed by atoms with van der Waals surface area (Å²) in [7, 11) is 1.61. The molecule has 1 N–H and O–H groups in total. The first-order chi connectivity index (χ1) is 16.0. The number of benzene rings is 3. The second kappa shape index (κ2) is 9.99. The van der Waals surface area contributed by atoms with E-state index in [1.165, 1.54) is 0 Å². The fourth-order valence-corrected chi connectivity index (χ4v) is 3.29. The number of aryl methyl sites for hydroxylation is 1. The topological polar surface area (TPSA) is 86.5 Å². The Bertz CT molecular complexity index is 1230. The van der Waals surface area contributed by atoms with Crippen LogP contribution >= 0.6 is 0 Å². The van der Waals surface area contributed by atoms with Gasteiger partial charge in [0.15, 0.2) is 6.61 Å². The highest BCUT2D eigenvalue weighted by Crippen LogP contribution is 2.23. The molecule has 4 rings (SSSR count). The van der Waals surface area contributed by atoms with E-state index in [0.29, 0.717) is 17.4 Å². The van der Waals surface area contributed by atoms with Gasteiger partial charge in [0.05, 0.1) is 13.5 Å². The van der Waals surface area contributed by atoms with Gasteiger partial charge in [0, 0.05) is 11.3 Å². The molecule has 0 atom stereocenters. The van der Waals surface area contributed by atoms with Gasteiger partial charge in [0.2, 0.25) is 11.7 Å². The molecule has 168 valence electrons. The summed E-state index contributed by atoms with van der Waals surface area (Å²) in [6.07, 6.45) is 0.278. The number of hydrogen-bond acceptors (Lipinski definition) is 6. The number of methoxy groups -OCH3 is 1. The molecule has 0 saturated carbocycles. The normalized spacial score (nSPS) is 10.6. The summed E-state index contributed by atoms with van der Waals surface area (Å²) in [5, 5.41) is 6.93. The molecule has 1 amide bonds. The van der Waals surface area contributed by atoms with Crippen LogP contribution in [0.25, 0.3) is 11.4 Å². The molecule has 0 radical (unpaired) electrons. The van der Waals surface area contributed by atoms with Gasteiger partial charge in [0.25, 0.3) is 5.89 Å². The lowest BCUT2D eigenvalue weighted by Crippen LogP contribution is -2.14. The number of carbonyl (C=O) groups excluding carboxylic acids is 1. The minimum Gasteiger partial charge on any atom is -0.497 e. The zero-order valence-corrected chi connectivity index (χ0v) is 18.8. The monoisotopic (exact) mass is 443 g/mol. The van der Waals surface area contributed by atoms with Gasteiger partial charge in [-0.25, -0.2) is 0 Å². The average molecular weight is 444 g/mol. The molecule has 0 aliphatic carbocycles. The number of nitrogens with one attached hydrogen (secondary N) is 1. The highest BCUT2D eigenvalue weighted by Gasteiger charge is 2.11. The van der Waals surface area contributed by atoms with E-state index >= 15 is 0 Å². The summed E-state index contributed by atoms with van der Waals surface area (Å²) >= 11 is 0. The predicted molar refractivity (Wildman–Crippen MR) is 125 cm³/mol. The molecule has 1 aromatic heterocycles. The summed E-state index contributed by atoms with van der Waals surface area (Å²) in [6, 6.07) is 20.6. The lowest BCUT2D eigenvalue weighted by atomic mass is 10.1. The zero-order valence-electron chi connectivity index (χ0n) is 18.8. The smallest absolute Gasteiger partial charge is 0.264 e. The maximum Gasteiger partial charge on any atom is 0.264 e. The van der Waals surface area contributed by atoms with Crippen molar-refractivity contribution in [2.24, 2.45) is 0 Å². The largest absolute Gasteiger partial charge is 0.497 e. The highest BCUT2D eigenvalue weighted by atomic mass is 16.5. The van der Waals surface area contributed by atoms with Crippen molar-refractivity contribution in [1.82, 2.24) is 10.1 Å². The zero-order chi connectivity index (χ0) is 23.2. The lowest BCUT2D eigenvalue weighted by molar-refractivity contribution is -0.115. The third-order valence-electron chi connectivity index (χ3n) is 5.32. The number of rotatable bonds is 8. The Morgan fingerprint density at radius 3 is 2.48 bits per heavy atom. The maximum atomic E-state index is 12.3. The standard InChI is InChI=1S/C26H25N3O4/c1-17-5-4-6-23(18(17)2)32-16-25-28-26(29-33-25)20-9-11-21(12-10-20)27-24(30)15-19-7-13-22(31-3)14-8-19/h4-14H,15-16H2,1-3H3,(H,27,30). The van der Waals surface area contributed by atoms with Crippen molar-refractivity contribution in [2.75, 3.05) is 12.4 Å². The van der Waals surface area contributed by atoms with Crippen molar-refractivity contribution in [1.29, 1.82) is 0 Å². The molecular weight excluding hydrogens is 418 g/mol. The molecule has 7 heteroatoms. The van der Waals surface area contributed by atoms with Gasteiger partial charge in [0.1, 0.15) is 11.5 Å². The van der Waals surface area contributed by atoms with Crippen LogP contribution in [0, 0.1) is 13.8 Å². The lowest BCUT2D eigenvalue weighted by Gasteiger charge is -2.08. The predicted octanol–water partition coefficient (Wildman–Crippen LogP) is 5.12. The van der Waals surface area contributed by atoms with Crippen LogP contribution in [0.15, 0.2) is 71.3 Å². The van der Waals surface area contributed by atoms with Gasteiger partial charge >= 0.3 is 0 Å². The van der Waals surface area contributed by atoms with Gasteiger partial charge in [-0.3, -0.25) is 4.79 Å². The van der Waals surface area contributed by atoms with E-state index in [0.717, 1.165) is 33.8 Å². The molecule has 4 aromatic rings. The molecule has 0 saturated heterocycles. The fourth-order valence-electron chi connectivity index (χ4n) is 3.29. The van der Waals surface area contributed by atoms with Crippen molar-refractivity contribution in [3.05, 3.63) is 89.3 Å². The van der Waals surface area contributed by atoms with Crippen LogP contribution in [-0.4, -0.2) is 23.2 Å². The number of hydrogen-bond donors (Lipinski definition) is 1. The van der Waals surface area contributed by atoms with Crippen molar-refractivity contribution in [3.63, 3.8) is 0 Å². The van der Waals surface area contributed by atoms with Crippen molar-refractivity contribution < 1.29 is 18.8 Å². The van der Waals surface area contributed by atoms with Crippen LogP contribution in [0.4, 0.5) is 5.69 Å². The van der Waals surface area contributed by atoms with Gasteiger partial charge in [-0.1, -0.05) is 29.4 Å². The third-order valence-corrected chi connectivity index (χ3v) is 5.32. The van der Waals surface area contributed by atoms with Crippen molar-refractivity contribution >= 4 is 11.6 Å². The maximum absolute atomic E-state index is 12.3. The second-order valence-electron chi connectivity index (χ2n) is 7.65. The number of amides is 1. The average Bonchev–Trinajstić information content (AvgIpc) is 3.30. The van der Waals surface area contributed by atoms with E-state index in [2.05, 4.69) is 15.5 Å². The molecule has 0 bridgehead atoms. The Morgan fingerprint density at radius 1 is 1.00 bits per heavy atom. The Hall–Kier alpha value is -4.13. The van der Waals surface area contributed by atoms with Crippen LogP contribution in [0.3, 0.4) is 0 Å². The minimum atomic E-state index is -0.0987. The van der Waals surface area contributed by atoms with E-state index < -0.39 is 0 Å². The van der Waals surface area contributed by atoms with Gasteiger partial charge in [-0.2, -0.15) is 4.98 Å². The molecule has 7 nitrogen and oxygen atoms in total. The third kappa shape index (κ3) is 5.57. The number of ether oxygens (including phenoxy) is 2. The first-order valence-electron chi connectivity index (χ1n) is 10.6. The second-order valence-corrected chi connectivity index (χ2v) is 7.65. The van der Waals surface area contributed by atoms with E-state index in [1.807, 2.05) is 80.6 Å². The fraction of sp³-hybridized carbons (Fsp3) is 0.192. The summed E-state index contributed by atoms with van der Waals surface area (Å²) in [6.45, 7) is 4.25. The van der Waals surface area contributed by atoms with Crippen LogP contribution in [0.2, 0.25) is 0 Å². The van der Waals surface area contributed by atoms with Crippen molar-refractivity contribution in [2.45, 2.75) is 26.9 Å². The molecule has 0 aliphatic rings. The Morgan fingerprint density at radius 2 is 1.76 bits per heavy atom. The number of nitrogens with zero attached hydrogens (tertiary/aromatic N) is 2. The first kappa shape index (κ1) is 22.1. The van der Waals surface area contributed by atoms with Crippen LogP contribution in [0.1, 0.15) is 22.6 Å². The van der Waals surface area contributed by atoms with E-state index in [9.17, 15) is 4.79 Å². The number of anilines is 1. The van der Waals surface area contributed by atoms with E-state index in [-0.39, 0.29) is 18.9 Å². The van der Waals surface area contributed by atoms with E-state index in [1.54, 1.807) is 7.11 Å². The summed E-state index contributed by atoms with van der Waals surface area (Å²) in [5.41, 5.74) is 4.63. The van der Waals surface area contributed by atoms with Gasteiger partial charge < -0.3 is 19.3 Å². The molecular formula is C26H25N3O4. The van der Waals surface area contributed by atoms with Crippen LogP contribution in [0.5, 0.6) is 11.5 Å². The van der Waals surface area contributed by atoms with Crippen LogP contribution in [-0.2, 0) is 17.8 Å². The van der Waals surface area contributed by atoms with Crippen molar-refractivity contribution in [3.8, 4) is 22.9 Å². The summed E-state index contributed by atoms with van der Waals surface area (Å²) < 4.78 is 16.3. The highest BCUT2D eigenvalue weighted by molar-refractivity contribution is 5.92. The molecule has 1 heterocycles. The van der Waals surface area contributed by atoms with Crippen LogP contribution < -0.4 is 14.8 Å². The van der Waals surface area contributed by atoms with E-state index in [4.69, 9.17) is 14.0 Å². The molecule has 33 heavy (non-hydrogen) atoms. The first-order valence-corrected chi connectivity index (χ1v) is 10.6. The molecule has 0 aliphatic heterocycles. The molecule has 0 spiro atoms. The SMILES string of the molecule is COc1ccc(CC(=O)Nc2ccc(-c3noc(COc4cccc(C)c4C)n3)cc2)cc1. The quantitative estimate of drug-likeness (QED) is 0.407. The molecule has 0 fully saturated rings. The number of carbonyl (C=O) groups is 1. The molecule has 3 aromatic carbocycles.